The highest BCUT2D eigenvalue weighted by Gasteiger charge is 2.19. The molecule has 4 aromatic rings. The van der Waals surface area contributed by atoms with Crippen molar-refractivity contribution in [1.82, 2.24) is 9.72 Å². The van der Waals surface area contributed by atoms with Crippen LogP contribution >= 0.6 is 0 Å². The van der Waals surface area contributed by atoms with E-state index in [9.17, 15) is 17.6 Å². The molecule has 0 bridgehead atoms. The van der Waals surface area contributed by atoms with Gasteiger partial charge < -0.3 is 9.72 Å². The minimum Gasteiger partial charge on any atom is -0.348 e. The maximum Gasteiger partial charge on any atom is 0.253 e. The molecule has 2 heterocycles. The molecule has 1 amide bonds. The lowest BCUT2D eigenvalue weighted by atomic mass is 10.1. The number of pyridine rings is 1. The molecule has 5 nitrogen and oxygen atoms in total. The molecule has 32 heavy (non-hydrogen) atoms. The Labute approximate surface area is 186 Å². The van der Waals surface area contributed by atoms with Crippen LogP contribution in [0.1, 0.15) is 29.8 Å². The highest BCUT2D eigenvalue weighted by atomic mass is 32.2. The number of halogens is 1. The number of sulfone groups is 1. The van der Waals surface area contributed by atoms with Gasteiger partial charge in [-0.05, 0) is 66.9 Å². The van der Waals surface area contributed by atoms with Crippen molar-refractivity contribution >= 4 is 21.3 Å². The average molecular weight is 451 g/mol. The van der Waals surface area contributed by atoms with Crippen molar-refractivity contribution in [3.05, 3.63) is 96.1 Å². The van der Waals surface area contributed by atoms with Gasteiger partial charge in [0.25, 0.3) is 5.91 Å². The van der Waals surface area contributed by atoms with Crippen LogP contribution in [0.25, 0.3) is 16.6 Å². The van der Waals surface area contributed by atoms with E-state index in [1.54, 1.807) is 62.5 Å². The van der Waals surface area contributed by atoms with Crippen molar-refractivity contribution in [2.75, 3.05) is 0 Å². The zero-order valence-corrected chi connectivity index (χ0v) is 18.6. The Kier molecular flexibility index (Phi) is 5.84. The van der Waals surface area contributed by atoms with E-state index < -0.39 is 15.1 Å². The summed E-state index contributed by atoms with van der Waals surface area (Å²) in [5, 5.41) is 2.36. The second-order valence-corrected chi connectivity index (χ2v) is 10.4. The minimum atomic E-state index is -3.31. The standard InChI is InChI=1S/C25H23FN2O3S/c1-17(2)32(30,31)24-11-6-19(7-12-24)20-5-10-23-13-21(16-28(23)15-20)25(29)27-14-18-3-8-22(26)9-4-18/h3-13,15-17H,14H2,1-2H3,(H,27,29). The smallest absolute Gasteiger partial charge is 0.253 e. The summed E-state index contributed by atoms with van der Waals surface area (Å²) in [6, 6.07) is 18.4. The second kappa shape index (κ2) is 8.59. The Morgan fingerprint density at radius 1 is 0.938 bits per heavy atom. The quantitative estimate of drug-likeness (QED) is 0.456. The SMILES string of the molecule is CC(C)S(=O)(=O)c1ccc(-c2ccc3cc(C(=O)NCc4ccc(F)cc4)cn3c2)cc1. The van der Waals surface area contributed by atoms with Crippen molar-refractivity contribution in [3.63, 3.8) is 0 Å². The number of fused-ring (bicyclic) bond motifs is 1. The van der Waals surface area contributed by atoms with E-state index in [1.807, 2.05) is 22.7 Å². The van der Waals surface area contributed by atoms with Crippen molar-refractivity contribution in [3.8, 4) is 11.1 Å². The van der Waals surface area contributed by atoms with Gasteiger partial charge in [-0.15, -0.1) is 0 Å². The molecule has 2 aromatic heterocycles. The molecule has 0 radical (unpaired) electrons. The van der Waals surface area contributed by atoms with Gasteiger partial charge in [-0.3, -0.25) is 4.79 Å². The van der Waals surface area contributed by atoms with Crippen LogP contribution in [0.5, 0.6) is 0 Å². The topological polar surface area (TPSA) is 67.7 Å². The summed E-state index contributed by atoms with van der Waals surface area (Å²) >= 11 is 0. The molecule has 0 atom stereocenters. The lowest BCUT2D eigenvalue weighted by Crippen LogP contribution is -2.22. The summed E-state index contributed by atoms with van der Waals surface area (Å²) in [4.78, 5) is 12.8. The first-order valence-corrected chi connectivity index (χ1v) is 11.8. The second-order valence-electron chi connectivity index (χ2n) is 7.91. The maximum atomic E-state index is 13.0. The molecule has 4 rings (SSSR count). The number of amides is 1. The number of nitrogens with one attached hydrogen (secondary N) is 1. The van der Waals surface area contributed by atoms with Crippen LogP contribution in [-0.2, 0) is 16.4 Å². The molecule has 0 aliphatic heterocycles. The van der Waals surface area contributed by atoms with E-state index in [4.69, 9.17) is 0 Å². The zero-order chi connectivity index (χ0) is 22.9. The van der Waals surface area contributed by atoms with Crippen LogP contribution in [0.3, 0.4) is 0 Å². The molecule has 0 aliphatic carbocycles. The van der Waals surface area contributed by atoms with E-state index >= 15 is 0 Å². The third-order valence-corrected chi connectivity index (χ3v) is 7.53. The van der Waals surface area contributed by atoms with Crippen LogP contribution in [0.2, 0.25) is 0 Å². The monoisotopic (exact) mass is 450 g/mol. The van der Waals surface area contributed by atoms with Crippen LogP contribution in [0, 0.1) is 5.82 Å². The fourth-order valence-corrected chi connectivity index (χ4v) is 4.46. The van der Waals surface area contributed by atoms with Crippen LogP contribution in [0.4, 0.5) is 4.39 Å². The van der Waals surface area contributed by atoms with E-state index in [0.29, 0.717) is 17.0 Å². The van der Waals surface area contributed by atoms with Crippen LogP contribution in [-0.4, -0.2) is 24.0 Å². The summed E-state index contributed by atoms with van der Waals surface area (Å²) in [6.07, 6.45) is 3.65. The number of aromatic nitrogens is 1. The normalized spacial score (nSPS) is 11.8. The van der Waals surface area contributed by atoms with Gasteiger partial charge in [-0.2, -0.15) is 0 Å². The average Bonchev–Trinajstić information content (AvgIpc) is 3.22. The number of hydrogen-bond donors (Lipinski definition) is 1. The molecule has 164 valence electrons. The molecule has 0 spiro atoms. The molecule has 2 aromatic carbocycles. The fraction of sp³-hybridized carbons (Fsp3) is 0.160. The third-order valence-electron chi connectivity index (χ3n) is 5.36. The highest BCUT2D eigenvalue weighted by Crippen LogP contribution is 2.24. The Morgan fingerprint density at radius 3 is 2.25 bits per heavy atom. The Balaban J connectivity index is 1.52. The van der Waals surface area contributed by atoms with Crippen molar-refractivity contribution < 1.29 is 17.6 Å². The van der Waals surface area contributed by atoms with Crippen molar-refractivity contribution in [2.24, 2.45) is 0 Å². The van der Waals surface area contributed by atoms with Gasteiger partial charge in [0.15, 0.2) is 9.84 Å². The van der Waals surface area contributed by atoms with Crippen LogP contribution < -0.4 is 5.32 Å². The molecular weight excluding hydrogens is 427 g/mol. The first-order valence-electron chi connectivity index (χ1n) is 10.2. The first-order chi connectivity index (χ1) is 15.2. The van der Waals surface area contributed by atoms with Crippen molar-refractivity contribution in [2.45, 2.75) is 30.5 Å². The molecule has 0 aliphatic rings. The van der Waals surface area contributed by atoms with E-state index in [0.717, 1.165) is 22.2 Å². The summed E-state index contributed by atoms with van der Waals surface area (Å²) < 4.78 is 39.5. The summed E-state index contributed by atoms with van der Waals surface area (Å²) in [7, 11) is -3.31. The first kappa shape index (κ1) is 21.8. The molecular formula is C25H23FN2O3S. The van der Waals surface area contributed by atoms with Crippen molar-refractivity contribution in [1.29, 1.82) is 0 Å². The predicted octanol–water partition coefficient (Wildman–Crippen LogP) is 4.86. The molecule has 1 N–H and O–H groups in total. The molecule has 0 unspecified atom stereocenters. The van der Waals surface area contributed by atoms with Gasteiger partial charge in [0.2, 0.25) is 0 Å². The van der Waals surface area contributed by atoms with Gasteiger partial charge in [0.1, 0.15) is 5.82 Å². The summed E-state index contributed by atoms with van der Waals surface area (Å²) in [5.41, 5.74) is 3.97. The highest BCUT2D eigenvalue weighted by molar-refractivity contribution is 7.92. The van der Waals surface area contributed by atoms with Gasteiger partial charge >= 0.3 is 0 Å². The lowest BCUT2D eigenvalue weighted by molar-refractivity contribution is 0.0951. The Hall–Kier alpha value is -3.45. The van der Waals surface area contributed by atoms with Gasteiger partial charge in [-0.25, -0.2) is 12.8 Å². The predicted molar refractivity (Wildman–Crippen MR) is 123 cm³/mol. The number of benzene rings is 2. The third kappa shape index (κ3) is 4.43. The number of hydrogen-bond acceptors (Lipinski definition) is 3. The fourth-order valence-electron chi connectivity index (χ4n) is 3.40. The maximum absolute atomic E-state index is 13.0. The number of nitrogens with zero attached hydrogens (tertiary/aromatic N) is 1. The molecule has 0 fully saturated rings. The van der Waals surface area contributed by atoms with Gasteiger partial charge in [0.05, 0.1) is 15.7 Å². The van der Waals surface area contributed by atoms with E-state index in [1.165, 1.54) is 12.1 Å². The lowest BCUT2D eigenvalue weighted by Gasteiger charge is -2.09. The summed E-state index contributed by atoms with van der Waals surface area (Å²) in [5.74, 6) is -0.534. The number of carbonyl (C=O) groups is 1. The van der Waals surface area contributed by atoms with Crippen LogP contribution in [0.15, 0.2) is 84.0 Å². The van der Waals surface area contributed by atoms with Gasteiger partial charge in [0, 0.05) is 24.5 Å². The Morgan fingerprint density at radius 2 is 1.59 bits per heavy atom. The molecule has 0 saturated carbocycles. The molecule has 7 heteroatoms. The number of rotatable bonds is 6. The largest absolute Gasteiger partial charge is 0.348 e. The van der Waals surface area contributed by atoms with Gasteiger partial charge in [-0.1, -0.05) is 30.3 Å². The number of carbonyl (C=O) groups excluding carboxylic acids is 1. The van der Waals surface area contributed by atoms with E-state index in [2.05, 4.69) is 5.32 Å². The molecule has 0 saturated heterocycles. The zero-order valence-electron chi connectivity index (χ0n) is 17.7. The Bertz CT molecular complexity index is 1370. The minimum absolute atomic E-state index is 0.220. The summed E-state index contributed by atoms with van der Waals surface area (Å²) in [6.45, 7) is 3.63. The van der Waals surface area contributed by atoms with E-state index in [-0.39, 0.29) is 11.7 Å².